The van der Waals surface area contributed by atoms with E-state index in [0.29, 0.717) is 32.8 Å². The first-order chi connectivity index (χ1) is 25.8. The van der Waals surface area contributed by atoms with Gasteiger partial charge in [-0.15, -0.1) is 0 Å². The van der Waals surface area contributed by atoms with Crippen molar-refractivity contribution in [1.29, 1.82) is 0 Å². The summed E-state index contributed by atoms with van der Waals surface area (Å²) in [6, 6.07) is 34.1. The number of carbonyl (C=O) groups is 3. The molecule has 3 aliphatic heterocycles. The van der Waals surface area contributed by atoms with Crippen molar-refractivity contribution in [1.82, 2.24) is 5.32 Å². The third kappa shape index (κ3) is 6.65. The molecule has 0 aromatic heterocycles. The van der Waals surface area contributed by atoms with Crippen LogP contribution in [0.5, 0.6) is 11.5 Å². The van der Waals surface area contributed by atoms with E-state index in [1.54, 1.807) is 36.4 Å². The standard InChI is InChI=1S/C43H35Cl2N3O5/c1-52-39-21-26(12-15-38(39)53-25-29-13-14-30(44)22-37(29)45)20-36-41(49)46-43(51)48(42(36)50)31-23-34-32(27-8-4-2-5-9-27)16-18-47-19-17-33(35(24-31)40(34)47)28-10-6-3-7-11-28/h2-15,20-24,32-33H,16-19,25H2,1H3,(H,46,49,51)/b36-20+/t32-,33-/m1/s1. The zero-order chi connectivity index (χ0) is 36.6. The van der Waals surface area contributed by atoms with Crippen molar-refractivity contribution in [3.8, 4) is 11.5 Å². The van der Waals surface area contributed by atoms with Crippen molar-refractivity contribution in [2.75, 3.05) is 30.0 Å². The number of benzene rings is 5. The van der Waals surface area contributed by atoms with Crippen LogP contribution in [-0.2, 0) is 16.2 Å². The van der Waals surface area contributed by atoms with Crippen molar-refractivity contribution < 1.29 is 23.9 Å². The van der Waals surface area contributed by atoms with Gasteiger partial charge >= 0.3 is 6.03 Å². The second-order valence-electron chi connectivity index (χ2n) is 13.4. The molecular formula is C43H35Cl2N3O5. The molecule has 266 valence electrons. The van der Waals surface area contributed by atoms with Gasteiger partial charge in [0, 0.05) is 46.2 Å². The molecule has 3 heterocycles. The number of rotatable bonds is 8. The number of urea groups is 1. The summed E-state index contributed by atoms with van der Waals surface area (Å²) in [5.41, 5.74) is 7.15. The van der Waals surface area contributed by atoms with Gasteiger partial charge in [0.25, 0.3) is 11.8 Å². The zero-order valence-electron chi connectivity index (χ0n) is 28.9. The fraction of sp³-hybridized carbons (Fsp3) is 0.186. The minimum atomic E-state index is -0.789. The molecule has 3 aliphatic rings. The van der Waals surface area contributed by atoms with Gasteiger partial charge in [-0.2, -0.15) is 0 Å². The molecule has 0 spiro atoms. The Kier molecular flexibility index (Phi) is 9.41. The Bertz CT molecular complexity index is 2200. The summed E-state index contributed by atoms with van der Waals surface area (Å²) in [5.74, 6) is -0.521. The highest BCUT2D eigenvalue weighted by Gasteiger charge is 2.40. The minimum absolute atomic E-state index is 0.0687. The van der Waals surface area contributed by atoms with E-state index >= 15 is 0 Å². The highest BCUT2D eigenvalue weighted by Crippen LogP contribution is 2.50. The number of anilines is 2. The number of barbiturate groups is 1. The van der Waals surface area contributed by atoms with Crippen molar-refractivity contribution >= 4 is 58.5 Å². The zero-order valence-corrected chi connectivity index (χ0v) is 30.4. The molecule has 53 heavy (non-hydrogen) atoms. The van der Waals surface area contributed by atoms with E-state index in [4.69, 9.17) is 32.7 Å². The lowest BCUT2D eigenvalue weighted by Crippen LogP contribution is -2.54. The summed E-state index contributed by atoms with van der Waals surface area (Å²) >= 11 is 12.4. The Hall–Kier alpha value is -5.57. The minimum Gasteiger partial charge on any atom is -0.493 e. The van der Waals surface area contributed by atoms with Gasteiger partial charge in [-0.05, 0) is 83.1 Å². The fourth-order valence-corrected chi connectivity index (χ4v) is 8.18. The lowest BCUT2D eigenvalue weighted by atomic mass is 9.76. The quantitative estimate of drug-likeness (QED) is 0.126. The van der Waals surface area contributed by atoms with E-state index in [1.165, 1.54) is 30.0 Å². The van der Waals surface area contributed by atoms with Crippen LogP contribution in [-0.4, -0.2) is 38.0 Å². The smallest absolute Gasteiger partial charge is 0.335 e. The van der Waals surface area contributed by atoms with E-state index < -0.39 is 17.8 Å². The molecule has 1 saturated heterocycles. The molecule has 8 rings (SSSR count). The van der Waals surface area contributed by atoms with E-state index in [2.05, 4.69) is 34.5 Å². The molecule has 2 atom stereocenters. The fourth-order valence-electron chi connectivity index (χ4n) is 7.71. The summed E-state index contributed by atoms with van der Waals surface area (Å²) in [6.07, 6.45) is 3.26. The van der Waals surface area contributed by atoms with Crippen LogP contribution in [0.1, 0.15) is 58.1 Å². The Morgan fingerprint density at radius 2 is 1.42 bits per heavy atom. The average molecular weight is 745 g/mol. The maximum atomic E-state index is 14.3. The van der Waals surface area contributed by atoms with Gasteiger partial charge in [0.05, 0.1) is 12.8 Å². The number of carbonyl (C=O) groups excluding carboxylic acids is 3. The number of amides is 4. The van der Waals surface area contributed by atoms with Crippen LogP contribution in [0.4, 0.5) is 16.2 Å². The number of nitrogens with one attached hydrogen (secondary N) is 1. The predicted molar refractivity (Wildman–Crippen MR) is 207 cm³/mol. The molecule has 8 nitrogen and oxygen atoms in total. The lowest BCUT2D eigenvalue weighted by Gasteiger charge is -2.44. The molecule has 0 radical (unpaired) electrons. The first kappa shape index (κ1) is 34.5. The Morgan fingerprint density at radius 1 is 0.774 bits per heavy atom. The Balaban J connectivity index is 1.16. The molecular weight excluding hydrogens is 709 g/mol. The van der Waals surface area contributed by atoms with E-state index in [9.17, 15) is 14.4 Å². The highest BCUT2D eigenvalue weighted by molar-refractivity contribution is 6.39. The number of hydrogen-bond donors (Lipinski definition) is 1. The summed E-state index contributed by atoms with van der Waals surface area (Å²) in [4.78, 5) is 44.8. The number of ether oxygens (including phenoxy) is 2. The van der Waals surface area contributed by atoms with Crippen LogP contribution >= 0.6 is 23.2 Å². The molecule has 10 heteroatoms. The summed E-state index contributed by atoms with van der Waals surface area (Å²) in [5, 5.41) is 3.41. The van der Waals surface area contributed by atoms with Crippen LogP contribution in [0.25, 0.3) is 6.08 Å². The molecule has 0 aliphatic carbocycles. The third-order valence-corrected chi connectivity index (χ3v) is 10.8. The van der Waals surface area contributed by atoms with E-state index in [-0.39, 0.29) is 24.0 Å². The van der Waals surface area contributed by atoms with Gasteiger partial charge < -0.3 is 14.4 Å². The van der Waals surface area contributed by atoms with Crippen LogP contribution in [0, 0.1) is 0 Å². The number of nitrogens with zero attached hydrogens (tertiary/aromatic N) is 2. The van der Waals surface area contributed by atoms with Gasteiger partial charge in [-0.1, -0.05) is 96.0 Å². The van der Waals surface area contributed by atoms with Gasteiger partial charge in [0.2, 0.25) is 0 Å². The van der Waals surface area contributed by atoms with Crippen LogP contribution in [0.3, 0.4) is 0 Å². The van der Waals surface area contributed by atoms with Gasteiger partial charge in [-0.3, -0.25) is 14.9 Å². The SMILES string of the molecule is COc1cc(/C=C2\C(=O)NC(=O)N(c3cc4c5c(c3)[C@@H](c3ccccc3)CCN5CC[C@@H]4c3ccccc3)C2=O)ccc1OCc1ccc(Cl)cc1Cl. The van der Waals surface area contributed by atoms with E-state index in [1.807, 2.05) is 48.5 Å². The number of methoxy groups -OCH3 is 1. The molecule has 5 aromatic rings. The third-order valence-electron chi connectivity index (χ3n) is 10.3. The summed E-state index contributed by atoms with van der Waals surface area (Å²) in [7, 11) is 1.50. The second-order valence-corrected chi connectivity index (χ2v) is 14.2. The topological polar surface area (TPSA) is 88.2 Å². The second kappa shape index (κ2) is 14.5. The number of halogens is 2. The largest absolute Gasteiger partial charge is 0.493 e. The molecule has 0 unspecified atom stereocenters. The Labute approximate surface area is 317 Å². The van der Waals surface area contributed by atoms with Gasteiger partial charge in [0.1, 0.15) is 12.2 Å². The summed E-state index contributed by atoms with van der Waals surface area (Å²) in [6.45, 7) is 1.99. The maximum absolute atomic E-state index is 14.3. The van der Waals surface area contributed by atoms with Crippen LogP contribution in [0.2, 0.25) is 10.0 Å². The molecule has 5 aromatic carbocycles. The first-order valence-corrected chi connectivity index (χ1v) is 18.2. The molecule has 1 fully saturated rings. The summed E-state index contributed by atoms with van der Waals surface area (Å²) < 4.78 is 11.6. The highest BCUT2D eigenvalue weighted by atomic mass is 35.5. The van der Waals surface area contributed by atoms with Crippen LogP contribution < -0.4 is 24.6 Å². The average Bonchev–Trinajstić information content (AvgIpc) is 3.17. The number of hydrogen-bond acceptors (Lipinski definition) is 6. The predicted octanol–water partition coefficient (Wildman–Crippen LogP) is 9.12. The first-order valence-electron chi connectivity index (χ1n) is 17.5. The monoisotopic (exact) mass is 743 g/mol. The normalized spacial score (nSPS) is 18.8. The molecule has 0 saturated carbocycles. The van der Waals surface area contributed by atoms with Crippen molar-refractivity contribution in [3.05, 3.63) is 158 Å². The molecule has 0 bridgehead atoms. The van der Waals surface area contributed by atoms with Gasteiger partial charge in [0.15, 0.2) is 11.5 Å². The lowest BCUT2D eigenvalue weighted by molar-refractivity contribution is -0.122. The van der Waals surface area contributed by atoms with Gasteiger partial charge in [-0.25, -0.2) is 9.69 Å². The number of imide groups is 2. The van der Waals surface area contributed by atoms with Crippen LogP contribution in [0.15, 0.2) is 115 Å². The molecule has 1 N–H and O–H groups in total. The van der Waals surface area contributed by atoms with E-state index in [0.717, 1.165) is 47.5 Å². The Morgan fingerprint density at radius 3 is 2.02 bits per heavy atom. The van der Waals surface area contributed by atoms with Crippen molar-refractivity contribution in [3.63, 3.8) is 0 Å². The van der Waals surface area contributed by atoms with Crippen molar-refractivity contribution in [2.24, 2.45) is 0 Å². The maximum Gasteiger partial charge on any atom is 0.335 e. The van der Waals surface area contributed by atoms with Crippen molar-refractivity contribution in [2.45, 2.75) is 31.3 Å². The molecule has 4 amide bonds.